The molecular formula is C13H29N3S. The Morgan fingerprint density at radius 1 is 1.24 bits per heavy atom. The zero-order chi connectivity index (χ0) is 12.7. The minimum Gasteiger partial charge on any atom is -0.329 e. The average Bonchev–Trinajstić information content (AvgIpc) is 2.35. The number of nitrogens with two attached hydrogens (primary N) is 1. The van der Waals surface area contributed by atoms with Crippen LogP contribution in [0.25, 0.3) is 0 Å². The van der Waals surface area contributed by atoms with E-state index in [2.05, 4.69) is 42.6 Å². The number of nitrogens with zero attached hydrogens (tertiary/aromatic N) is 2. The highest BCUT2D eigenvalue weighted by Gasteiger charge is 2.36. The van der Waals surface area contributed by atoms with Crippen LogP contribution < -0.4 is 5.73 Å². The summed E-state index contributed by atoms with van der Waals surface area (Å²) < 4.78 is 0. The van der Waals surface area contributed by atoms with Crippen molar-refractivity contribution in [2.24, 2.45) is 5.73 Å². The van der Waals surface area contributed by atoms with Crippen LogP contribution in [0, 0.1) is 0 Å². The average molecular weight is 259 g/mol. The lowest BCUT2D eigenvalue weighted by Gasteiger charge is -2.46. The van der Waals surface area contributed by atoms with E-state index in [1.54, 1.807) is 0 Å². The van der Waals surface area contributed by atoms with Gasteiger partial charge in [-0.05, 0) is 45.7 Å². The van der Waals surface area contributed by atoms with Gasteiger partial charge in [-0.15, -0.1) is 0 Å². The summed E-state index contributed by atoms with van der Waals surface area (Å²) in [6, 6.07) is 0. The van der Waals surface area contributed by atoms with Crippen molar-refractivity contribution in [3.8, 4) is 0 Å². The minimum absolute atomic E-state index is 0.273. The van der Waals surface area contributed by atoms with Crippen LogP contribution in [0.4, 0.5) is 0 Å². The molecular weight excluding hydrogens is 230 g/mol. The molecule has 0 bridgehead atoms. The number of rotatable bonds is 7. The van der Waals surface area contributed by atoms with Crippen molar-refractivity contribution in [3.05, 3.63) is 0 Å². The molecule has 1 aliphatic rings. The molecule has 0 spiro atoms. The summed E-state index contributed by atoms with van der Waals surface area (Å²) in [5, 5.41) is 0. The summed E-state index contributed by atoms with van der Waals surface area (Å²) in [7, 11) is 4.30. The highest BCUT2D eigenvalue weighted by atomic mass is 32.2. The van der Waals surface area contributed by atoms with Crippen LogP contribution >= 0.6 is 11.8 Å². The molecule has 0 amide bonds. The Morgan fingerprint density at radius 3 is 2.47 bits per heavy atom. The maximum Gasteiger partial charge on any atom is 0.0422 e. The van der Waals surface area contributed by atoms with Gasteiger partial charge in [0.15, 0.2) is 0 Å². The van der Waals surface area contributed by atoms with Gasteiger partial charge in [-0.25, -0.2) is 0 Å². The molecule has 1 saturated heterocycles. The Labute approximate surface area is 111 Å². The molecule has 1 atom stereocenters. The summed E-state index contributed by atoms with van der Waals surface area (Å²) in [5.41, 5.74) is 6.38. The standard InChI is InChI=1S/C13H29N3S/c1-4-7-16(9-8-15(2)3)13(11-14)6-5-10-17-12-13/h4-12,14H2,1-3H3. The van der Waals surface area contributed by atoms with Crippen LogP contribution in [-0.2, 0) is 0 Å². The van der Waals surface area contributed by atoms with E-state index in [4.69, 9.17) is 5.73 Å². The van der Waals surface area contributed by atoms with Gasteiger partial charge < -0.3 is 10.6 Å². The zero-order valence-electron chi connectivity index (χ0n) is 11.7. The monoisotopic (exact) mass is 259 g/mol. The number of thioether (sulfide) groups is 1. The Balaban J connectivity index is 2.63. The molecule has 4 heteroatoms. The predicted molar refractivity (Wildman–Crippen MR) is 78.8 cm³/mol. The van der Waals surface area contributed by atoms with E-state index in [0.717, 1.165) is 19.6 Å². The lowest BCUT2D eigenvalue weighted by atomic mass is 9.92. The van der Waals surface area contributed by atoms with Crippen molar-refractivity contribution in [1.29, 1.82) is 0 Å². The molecule has 1 aliphatic heterocycles. The van der Waals surface area contributed by atoms with E-state index in [1.807, 2.05) is 0 Å². The van der Waals surface area contributed by atoms with Crippen LogP contribution in [0.15, 0.2) is 0 Å². The van der Waals surface area contributed by atoms with E-state index in [-0.39, 0.29) is 5.54 Å². The van der Waals surface area contributed by atoms with E-state index < -0.39 is 0 Å². The normalized spacial score (nSPS) is 25.8. The van der Waals surface area contributed by atoms with Gasteiger partial charge in [-0.1, -0.05) is 6.92 Å². The maximum absolute atomic E-state index is 6.11. The van der Waals surface area contributed by atoms with Gasteiger partial charge >= 0.3 is 0 Å². The fraction of sp³-hybridized carbons (Fsp3) is 1.00. The van der Waals surface area contributed by atoms with Crippen LogP contribution in [0.2, 0.25) is 0 Å². The van der Waals surface area contributed by atoms with Gasteiger partial charge in [0.25, 0.3) is 0 Å². The molecule has 1 rings (SSSR count). The molecule has 17 heavy (non-hydrogen) atoms. The summed E-state index contributed by atoms with van der Waals surface area (Å²) in [4.78, 5) is 4.92. The molecule has 1 fully saturated rings. The number of hydrogen-bond donors (Lipinski definition) is 1. The summed E-state index contributed by atoms with van der Waals surface area (Å²) >= 11 is 2.08. The van der Waals surface area contributed by atoms with Gasteiger partial charge in [0.2, 0.25) is 0 Å². The fourth-order valence-corrected chi connectivity index (χ4v) is 3.87. The molecule has 0 aromatic carbocycles. The smallest absolute Gasteiger partial charge is 0.0422 e. The second-order valence-electron chi connectivity index (χ2n) is 5.37. The molecule has 0 aliphatic carbocycles. The SMILES string of the molecule is CCCN(CCN(C)C)C1(CN)CCCSC1. The van der Waals surface area contributed by atoms with Crippen molar-refractivity contribution in [1.82, 2.24) is 9.80 Å². The third-order valence-corrected chi connectivity index (χ3v) is 4.98. The van der Waals surface area contributed by atoms with Crippen LogP contribution in [0.5, 0.6) is 0 Å². The lowest BCUT2D eigenvalue weighted by molar-refractivity contribution is 0.0936. The van der Waals surface area contributed by atoms with E-state index >= 15 is 0 Å². The largest absolute Gasteiger partial charge is 0.329 e. The van der Waals surface area contributed by atoms with E-state index in [0.29, 0.717) is 0 Å². The van der Waals surface area contributed by atoms with E-state index in [1.165, 1.54) is 37.3 Å². The van der Waals surface area contributed by atoms with Crippen LogP contribution in [-0.4, -0.2) is 67.1 Å². The molecule has 2 N–H and O–H groups in total. The molecule has 0 radical (unpaired) electrons. The summed E-state index contributed by atoms with van der Waals surface area (Å²) in [5.74, 6) is 2.53. The quantitative estimate of drug-likeness (QED) is 0.751. The van der Waals surface area contributed by atoms with Crippen LogP contribution in [0.1, 0.15) is 26.2 Å². The molecule has 0 saturated carbocycles. The van der Waals surface area contributed by atoms with Gasteiger partial charge in [0, 0.05) is 30.9 Å². The highest BCUT2D eigenvalue weighted by Crippen LogP contribution is 2.31. The second-order valence-corrected chi connectivity index (χ2v) is 6.48. The molecule has 0 aromatic heterocycles. The molecule has 0 aromatic rings. The third kappa shape index (κ3) is 4.43. The van der Waals surface area contributed by atoms with Gasteiger partial charge in [0.05, 0.1) is 0 Å². The van der Waals surface area contributed by atoms with Crippen molar-refractivity contribution < 1.29 is 0 Å². The van der Waals surface area contributed by atoms with Gasteiger partial charge in [-0.3, -0.25) is 4.90 Å². The van der Waals surface area contributed by atoms with Gasteiger partial charge in [0.1, 0.15) is 0 Å². The summed E-state index contributed by atoms with van der Waals surface area (Å²) in [6.07, 6.45) is 3.83. The maximum atomic E-state index is 6.11. The Bertz CT molecular complexity index is 203. The first-order valence-corrected chi connectivity index (χ1v) is 7.97. The molecule has 3 nitrogen and oxygen atoms in total. The first kappa shape index (κ1) is 15.3. The first-order valence-electron chi connectivity index (χ1n) is 6.82. The van der Waals surface area contributed by atoms with E-state index in [9.17, 15) is 0 Å². The van der Waals surface area contributed by atoms with Crippen molar-refractivity contribution in [2.45, 2.75) is 31.7 Å². The van der Waals surface area contributed by atoms with Crippen molar-refractivity contribution in [2.75, 3.05) is 51.8 Å². The highest BCUT2D eigenvalue weighted by molar-refractivity contribution is 7.99. The number of likely N-dealkylation sites (N-methyl/N-ethyl adjacent to an activating group) is 1. The Morgan fingerprint density at radius 2 is 2.00 bits per heavy atom. The minimum atomic E-state index is 0.273. The summed E-state index contributed by atoms with van der Waals surface area (Å²) in [6.45, 7) is 6.55. The first-order chi connectivity index (χ1) is 8.14. The van der Waals surface area contributed by atoms with Crippen molar-refractivity contribution in [3.63, 3.8) is 0 Å². The van der Waals surface area contributed by atoms with Crippen molar-refractivity contribution >= 4 is 11.8 Å². The molecule has 102 valence electrons. The Hall–Kier alpha value is 0.230. The number of hydrogen-bond acceptors (Lipinski definition) is 4. The topological polar surface area (TPSA) is 32.5 Å². The molecule has 1 heterocycles. The third-order valence-electron chi connectivity index (χ3n) is 3.66. The fourth-order valence-electron chi connectivity index (χ4n) is 2.55. The Kier molecular flexibility index (Phi) is 6.85. The second kappa shape index (κ2) is 7.62. The van der Waals surface area contributed by atoms with Gasteiger partial charge in [-0.2, -0.15) is 11.8 Å². The predicted octanol–water partition coefficient (Wildman–Crippen LogP) is 1.48. The zero-order valence-corrected chi connectivity index (χ0v) is 12.6. The lowest BCUT2D eigenvalue weighted by Crippen LogP contribution is -2.58. The van der Waals surface area contributed by atoms with Crippen LogP contribution in [0.3, 0.4) is 0 Å². The molecule has 1 unspecified atom stereocenters.